The van der Waals surface area contributed by atoms with Gasteiger partial charge in [0.2, 0.25) is 11.9 Å². The van der Waals surface area contributed by atoms with E-state index in [1.54, 1.807) is 6.20 Å². The summed E-state index contributed by atoms with van der Waals surface area (Å²) in [5.41, 5.74) is 3.58. The number of nitrogens with zero attached hydrogens (tertiary/aromatic N) is 4. The molecule has 2 aromatic carbocycles. The molecule has 0 bridgehead atoms. The van der Waals surface area contributed by atoms with Crippen LogP contribution in [0.5, 0.6) is 0 Å². The van der Waals surface area contributed by atoms with E-state index in [9.17, 15) is 17.6 Å². The Bertz CT molecular complexity index is 1740. The van der Waals surface area contributed by atoms with Gasteiger partial charge in [0.1, 0.15) is 4.90 Å². The molecule has 12 heteroatoms. The highest BCUT2D eigenvalue weighted by Gasteiger charge is 2.31. The van der Waals surface area contributed by atoms with Crippen molar-refractivity contribution < 1.29 is 17.6 Å². The van der Waals surface area contributed by atoms with E-state index in [4.69, 9.17) is 0 Å². The SMILES string of the molecule is CC[C@H](C(=O)Nc1cccc2c(-c3nc(Nc4cccc(S(C)(=O)=O)c4F)ncc3C)c[nH]c12)N1CCN(C)C[C@H]1C. The lowest BCUT2D eigenvalue weighted by molar-refractivity contribution is -0.123. The molecular weight excluding hydrogens is 557 g/mol. The van der Waals surface area contributed by atoms with E-state index < -0.39 is 20.5 Å². The fourth-order valence-electron chi connectivity index (χ4n) is 5.65. The largest absolute Gasteiger partial charge is 0.359 e. The molecule has 2 atom stereocenters. The number of carbonyl (C=O) groups is 1. The van der Waals surface area contributed by atoms with Crippen LogP contribution in [0.3, 0.4) is 0 Å². The Hall–Kier alpha value is -3.87. The van der Waals surface area contributed by atoms with Gasteiger partial charge in [0.15, 0.2) is 15.7 Å². The molecule has 1 aliphatic heterocycles. The zero-order chi connectivity index (χ0) is 30.2. The molecule has 1 aliphatic rings. The van der Waals surface area contributed by atoms with E-state index in [1.807, 2.05) is 38.2 Å². The summed E-state index contributed by atoms with van der Waals surface area (Å²) < 4.78 is 38.9. The highest BCUT2D eigenvalue weighted by molar-refractivity contribution is 7.90. The van der Waals surface area contributed by atoms with Gasteiger partial charge in [0.05, 0.1) is 28.6 Å². The second-order valence-electron chi connectivity index (χ2n) is 10.9. The van der Waals surface area contributed by atoms with Gasteiger partial charge in [-0.1, -0.05) is 25.1 Å². The Morgan fingerprint density at radius 2 is 1.93 bits per heavy atom. The van der Waals surface area contributed by atoms with Gasteiger partial charge in [-0.2, -0.15) is 0 Å². The first-order valence-electron chi connectivity index (χ1n) is 13.9. The smallest absolute Gasteiger partial charge is 0.241 e. The van der Waals surface area contributed by atoms with Gasteiger partial charge in [-0.05, 0) is 51.1 Å². The minimum absolute atomic E-state index is 0.0411. The van der Waals surface area contributed by atoms with Gasteiger partial charge in [-0.3, -0.25) is 9.69 Å². The van der Waals surface area contributed by atoms with Crippen LogP contribution in [0.15, 0.2) is 53.7 Å². The van der Waals surface area contributed by atoms with Crippen LogP contribution in [0, 0.1) is 12.7 Å². The number of fused-ring (bicyclic) bond motifs is 1. The van der Waals surface area contributed by atoms with Crippen molar-refractivity contribution in [2.45, 2.75) is 44.2 Å². The number of piperazine rings is 1. The molecule has 4 aromatic rings. The number of H-pyrrole nitrogens is 1. The van der Waals surface area contributed by atoms with E-state index in [0.717, 1.165) is 47.9 Å². The number of carbonyl (C=O) groups excluding carboxylic acids is 1. The number of halogens is 1. The Morgan fingerprint density at radius 1 is 1.19 bits per heavy atom. The van der Waals surface area contributed by atoms with Crippen LogP contribution in [0.1, 0.15) is 25.8 Å². The first-order chi connectivity index (χ1) is 20.0. The third-order valence-electron chi connectivity index (χ3n) is 7.78. The van der Waals surface area contributed by atoms with Crippen LogP contribution in [0.25, 0.3) is 22.2 Å². The minimum Gasteiger partial charge on any atom is -0.359 e. The summed E-state index contributed by atoms with van der Waals surface area (Å²) in [5.74, 6) is -0.818. The monoisotopic (exact) mass is 593 g/mol. The summed E-state index contributed by atoms with van der Waals surface area (Å²) in [6.45, 7) is 8.76. The van der Waals surface area contributed by atoms with Crippen LogP contribution in [-0.4, -0.2) is 84.1 Å². The van der Waals surface area contributed by atoms with Crippen molar-refractivity contribution >= 4 is 44.0 Å². The van der Waals surface area contributed by atoms with Gasteiger partial charge < -0.3 is 20.5 Å². The fourth-order valence-corrected chi connectivity index (χ4v) is 6.41. The van der Waals surface area contributed by atoms with Gasteiger partial charge >= 0.3 is 0 Å². The molecule has 2 aromatic heterocycles. The van der Waals surface area contributed by atoms with E-state index >= 15 is 0 Å². The highest BCUT2D eigenvalue weighted by Crippen LogP contribution is 2.34. The van der Waals surface area contributed by atoms with Crippen molar-refractivity contribution in [3.63, 3.8) is 0 Å². The Balaban J connectivity index is 1.43. The average Bonchev–Trinajstić information content (AvgIpc) is 3.37. The Morgan fingerprint density at radius 3 is 2.64 bits per heavy atom. The summed E-state index contributed by atoms with van der Waals surface area (Å²) in [7, 11) is -1.65. The van der Waals surface area contributed by atoms with Gasteiger partial charge in [0, 0.05) is 55.3 Å². The first-order valence-corrected chi connectivity index (χ1v) is 15.8. The van der Waals surface area contributed by atoms with Gasteiger partial charge in [-0.15, -0.1) is 0 Å². The van der Waals surface area contributed by atoms with E-state index in [2.05, 4.69) is 49.4 Å². The number of hydrogen-bond acceptors (Lipinski definition) is 8. The van der Waals surface area contributed by atoms with Crippen molar-refractivity contribution in [2.24, 2.45) is 0 Å². The zero-order valence-corrected chi connectivity index (χ0v) is 25.2. The van der Waals surface area contributed by atoms with Crippen LogP contribution in [0.4, 0.5) is 21.7 Å². The van der Waals surface area contributed by atoms with Crippen LogP contribution in [0.2, 0.25) is 0 Å². The number of sulfone groups is 1. The predicted molar refractivity (Wildman–Crippen MR) is 163 cm³/mol. The van der Waals surface area contributed by atoms with Crippen LogP contribution < -0.4 is 10.6 Å². The quantitative estimate of drug-likeness (QED) is 0.272. The number of para-hydroxylation sites is 1. The number of likely N-dealkylation sites (N-methyl/N-ethyl adjacent to an activating group) is 1. The summed E-state index contributed by atoms with van der Waals surface area (Å²) in [5, 5.41) is 6.82. The topological polar surface area (TPSA) is 123 Å². The third kappa shape index (κ3) is 5.87. The Labute approximate surface area is 245 Å². The summed E-state index contributed by atoms with van der Waals surface area (Å²) in [6.07, 6.45) is 5.11. The maximum atomic E-state index is 15.0. The number of nitrogens with one attached hydrogen (secondary N) is 3. The number of anilines is 3. The van der Waals surface area contributed by atoms with Crippen molar-refractivity contribution in [1.82, 2.24) is 24.8 Å². The number of aromatic amines is 1. The van der Waals surface area contributed by atoms with Crippen molar-refractivity contribution in [1.29, 1.82) is 0 Å². The molecule has 0 spiro atoms. The lowest BCUT2D eigenvalue weighted by Crippen LogP contribution is -2.57. The van der Waals surface area contributed by atoms with E-state index in [1.165, 1.54) is 18.2 Å². The number of aromatic nitrogens is 3. The molecule has 3 N–H and O–H groups in total. The standard InChI is InChI=1S/C30H36FN7O3S/c1-6-24(38-14-13-37(4)17-19(38)3)29(39)34-23-11-7-9-20-21(16-32-28(20)23)27-18(2)15-33-30(36-27)35-22-10-8-12-25(26(22)31)42(5,40)41/h7-12,15-16,19,24,32H,6,13-14,17H2,1-5H3,(H,34,39)(H,33,35,36)/t19-,24-/m1/s1. The first kappa shape index (κ1) is 29.6. The number of aryl methyl sites for hydroxylation is 1. The molecule has 42 heavy (non-hydrogen) atoms. The van der Waals surface area contributed by atoms with Gasteiger partial charge in [0.25, 0.3) is 0 Å². The highest BCUT2D eigenvalue weighted by atomic mass is 32.2. The number of hydrogen-bond donors (Lipinski definition) is 3. The van der Waals surface area contributed by atoms with E-state index in [-0.39, 0.29) is 29.6 Å². The number of amides is 1. The number of rotatable bonds is 8. The molecule has 1 saturated heterocycles. The Kier molecular flexibility index (Phi) is 8.31. The van der Waals surface area contributed by atoms with Crippen LogP contribution in [-0.2, 0) is 14.6 Å². The third-order valence-corrected chi connectivity index (χ3v) is 8.90. The normalized spacial score (nSPS) is 17.3. The second-order valence-corrected chi connectivity index (χ2v) is 12.9. The molecular formula is C30H36FN7O3S. The lowest BCUT2D eigenvalue weighted by Gasteiger charge is -2.42. The molecule has 10 nitrogen and oxygen atoms in total. The predicted octanol–water partition coefficient (Wildman–Crippen LogP) is 4.57. The molecule has 0 unspecified atom stereocenters. The summed E-state index contributed by atoms with van der Waals surface area (Å²) in [6, 6.07) is 9.85. The van der Waals surface area contributed by atoms with Crippen molar-refractivity contribution in [3.8, 4) is 11.3 Å². The molecule has 222 valence electrons. The maximum absolute atomic E-state index is 15.0. The van der Waals surface area contributed by atoms with E-state index in [0.29, 0.717) is 17.8 Å². The fraction of sp³-hybridized carbons (Fsp3) is 0.367. The molecule has 1 fully saturated rings. The zero-order valence-electron chi connectivity index (χ0n) is 24.4. The molecule has 3 heterocycles. The lowest BCUT2D eigenvalue weighted by atomic mass is 10.1. The van der Waals surface area contributed by atoms with Crippen LogP contribution >= 0.6 is 0 Å². The van der Waals surface area contributed by atoms with Crippen molar-refractivity contribution in [3.05, 3.63) is 60.2 Å². The average molecular weight is 594 g/mol. The summed E-state index contributed by atoms with van der Waals surface area (Å²) in [4.78, 5) is 29.9. The number of benzene rings is 2. The molecule has 0 radical (unpaired) electrons. The molecule has 0 saturated carbocycles. The minimum atomic E-state index is -3.75. The molecule has 0 aliphatic carbocycles. The van der Waals surface area contributed by atoms with Gasteiger partial charge in [-0.25, -0.2) is 22.8 Å². The second kappa shape index (κ2) is 11.8. The molecule has 5 rings (SSSR count). The summed E-state index contributed by atoms with van der Waals surface area (Å²) >= 11 is 0. The maximum Gasteiger partial charge on any atom is 0.241 e. The molecule has 1 amide bonds. The van der Waals surface area contributed by atoms with Crippen molar-refractivity contribution in [2.75, 3.05) is 43.6 Å².